The fourth-order valence-electron chi connectivity index (χ4n) is 1.94. The van der Waals surface area contributed by atoms with E-state index in [1.807, 2.05) is 0 Å². The van der Waals surface area contributed by atoms with Gasteiger partial charge in [-0.2, -0.15) is 8.78 Å². The number of rotatable bonds is 4. The first-order valence-corrected chi connectivity index (χ1v) is 6.40. The highest BCUT2D eigenvalue weighted by atomic mass is 19.3. The van der Waals surface area contributed by atoms with Gasteiger partial charge in [0.15, 0.2) is 0 Å². The molecule has 0 atom stereocenters. The number of ether oxygens (including phenoxy) is 1. The molecule has 0 unspecified atom stereocenters. The van der Waals surface area contributed by atoms with Gasteiger partial charge in [-0.1, -0.05) is 0 Å². The quantitative estimate of drug-likeness (QED) is 0.839. The molecule has 0 bridgehead atoms. The summed E-state index contributed by atoms with van der Waals surface area (Å²) in [6.07, 6.45) is -3.02. The maximum absolute atomic E-state index is 13.5. The molecule has 1 aliphatic rings. The second-order valence-corrected chi connectivity index (χ2v) is 4.56. The third kappa shape index (κ3) is 3.15. The van der Waals surface area contributed by atoms with E-state index in [2.05, 4.69) is 10.3 Å². The minimum atomic E-state index is -4.32. The fourth-order valence-corrected chi connectivity index (χ4v) is 1.94. The summed E-state index contributed by atoms with van der Waals surface area (Å²) >= 11 is 0. The number of allylic oxidation sites excluding steroid dienone is 2. The van der Waals surface area contributed by atoms with Crippen molar-refractivity contribution in [3.8, 4) is 11.5 Å². The summed E-state index contributed by atoms with van der Waals surface area (Å²) in [7, 11) is 1.40. The monoisotopic (exact) mass is 318 g/mol. The molecule has 0 aromatic heterocycles. The van der Waals surface area contributed by atoms with Crippen molar-refractivity contribution >= 4 is 5.71 Å². The van der Waals surface area contributed by atoms with Crippen LogP contribution in [0.1, 0.15) is 5.56 Å². The third-order valence-corrected chi connectivity index (χ3v) is 3.10. The summed E-state index contributed by atoms with van der Waals surface area (Å²) < 4.78 is 57.1. The van der Waals surface area contributed by atoms with Crippen molar-refractivity contribution in [1.29, 1.82) is 0 Å². The Morgan fingerprint density at radius 3 is 2.73 bits per heavy atom. The molecular weight excluding hydrogens is 304 g/mol. The molecule has 120 valence electrons. The van der Waals surface area contributed by atoms with Crippen LogP contribution >= 0.6 is 0 Å². The highest BCUT2D eigenvalue weighted by molar-refractivity contribution is 6.11. The summed E-state index contributed by atoms with van der Waals surface area (Å²) in [5, 5.41) is 12.1. The number of phenols is 1. The molecule has 0 amide bonds. The molecular formula is C14H14F4N2O2. The number of hydrogen-bond donors (Lipinski definition) is 2. The minimum absolute atomic E-state index is 0.0115. The molecule has 0 saturated heterocycles. The lowest BCUT2D eigenvalue weighted by atomic mass is 10.1. The molecule has 1 aromatic rings. The Labute approximate surface area is 124 Å². The zero-order valence-electron chi connectivity index (χ0n) is 11.6. The van der Waals surface area contributed by atoms with Crippen LogP contribution in [-0.2, 0) is 0 Å². The van der Waals surface area contributed by atoms with Crippen LogP contribution in [0, 0.1) is 0 Å². The van der Waals surface area contributed by atoms with Crippen LogP contribution in [0.4, 0.5) is 17.6 Å². The van der Waals surface area contributed by atoms with Crippen LogP contribution in [0.5, 0.6) is 11.5 Å². The van der Waals surface area contributed by atoms with E-state index < -0.39 is 18.0 Å². The van der Waals surface area contributed by atoms with E-state index in [1.165, 1.54) is 25.3 Å². The van der Waals surface area contributed by atoms with Gasteiger partial charge >= 0.3 is 12.3 Å². The van der Waals surface area contributed by atoms with E-state index in [1.54, 1.807) is 0 Å². The highest BCUT2D eigenvalue weighted by Crippen LogP contribution is 2.31. The van der Waals surface area contributed by atoms with Crippen molar-refractivity contribution in [3.05, 3.63) is 35.5 Å². The maximum Gasteiger partial charge on any atom is 0.346 e. The first kappa shape index (κ1) is 16.1. The average Bonchev–Trinajstić information content (AvgIpc) is 2.74. The van der Waals surface area contributed by atoms with Crippen molar-refractivity contribution in [3.63, 3.8) is 0 Å². The van der Waals surface area contributed by atoms with Crippen LogP contribution in [0.25, 0.3) is 0 Å². The van der Waals surface area contributed by atoms with Gasteiger partial charge in [-0.15, -0.1) is 0 Å². The summed E-state index contributed by atoms with van der Waals surface area (Å²) in [5.41, 5.74) is -0.816. The number of halogens is 4. The van der Waals surface area contributed by atoms with Crippen molar-refractivity contribution < 1.29 is 27.4 Å². The predicted octanol–water partition coefficient (Wildman–Crippen LogP) is 2.58. The normalized spacial score (nSPS) is 15.7. The molecule has 8 heteroatoms. The summed E-state index contributed by atoms with van der Waals surface area (Å²) in [5.74, 6) is -4.15. The Bertz CT molecular complexity index is 615. The molecule has 22 heavy (non-hydrogen) atoms. The summed E-state index contributed by atoms with van der Waals surface area (Å²) in [6.45, 7) is 0.0909. The Morgan fingerprint density at radius 1 is 1.36 bits per heavy atom. The van der Waals surface area contributed by atoms with Gasteiger partial charge in [0, 0.05) is 12.1 Å². The SMILES string of the molecule is COc1ccc(O)c(C2=NCCNC(C(F)(F)C(F)F)=C2)c1. The molecule has 2 rings (SSSR count). The van der Waals surface area contributed by atoms with Gasteiger partial charge in [-0.25, -0.2) is 8.78 Å². The third-order valence-electron chi connectivity index (χ3n) is 3.10. The van der Waals surface area contributed by atoms with Crippen LogP contribution in [0.15, 0.2) is 35.0 Å². The molecule has 0 spiro atoms. The van der Waals surface area contributed by atoms with E-state index in [0.717, 1.165) is 6.08 Å². The Morgan fingerprint density at radius 2 is 2.09 bits per heavy atom. The average molecular weight is 318 g/mol. The Balaban J connectivity index is 2.47. The smallest absolute Gasteiger partial charge is 0.346 e. The number of hydrogen-bond acceptors (Lipinski definition) is 4. The highest BCUT2D eigenvalue weighted by Gasteiger charge is 2.45. The minimum Gasteiger partial charge on any atom is -0.507 e. The molecule has 0 fully saturated rings. The summed E-state index contributed by atoms with van der Waals surface area (Å²) in [4.78, 5) is 4.04. The van der Waals surface area contributed by atoms with Crippen LogP contribution in [0.3, 0.4) is 0 Å². The first-order valence-electron chi connectivity index (χ1n) is 6.40. The number of phenolic OH excluding ortho intramolecular Hbond substituents is 1. The number of methoxy groups -OCH3 is 1. The van der Waals surface area contributed by atoms with E-state index in [0.29, 0.717) is 5.75 Å². The van der Waals surface area contributed by atoms with Crippen molar-refractivity contribution in [2.24, 2.45) is 4.99 Å². The molecule has 1 aliphatic heterocycles. The maximum atomic E-state index is 13.5. The number of benzene rings is 1. The lowest BCUT2D eigenvalue weighted by Crippen LogP contribution is -2.37. The van der Waals surface area contributed by atoms with Gasteiger partial charge in [0.05, 0.1) is 25.1 Å². The van der Waals surface area contributed by atoms with Crippen molar-refractivity contribution in [1.82, 2.24) is 5.32 Å². The number of nitrogens with zero attached hydrogens (tertiary/aromatic N) is 1. The molecule has 1 heterocycles. The predicted molar refractivity (Wildman–Crippen MR) is 73.1 cm³/mol. The second kappa shape index (κ2) is 6.25. The van der Waals surface area contributed by atoms with E-state index in [4.69, 9.17) is 4.74 Å². The summed E-state index contributed by atoms with van der Waals surface area (Å²) in [6, 6.07) is 4.19. The largest absolute Gasteiger partial charge is 0.507 e. The van der Waals surface area contributed by atoms with Gasteiger partial charge in [0.2, 0.25) is 0 Å². The van der Waals surface area contributed by atoms with Gasteiger partial charge < -0.3 is 15.2 Å². The molecule has 0 aliphatic carbocycles. The second-order valence-electron chi connectivity index (χ2n) is 4.56. The van der Waals surface area contributed by atoms with Crippen LogP contribution in [-0.4, -0.2) is 43.4 Å². The Kier molecular flexibility index (Phi) is 4.58. The van der Waals surface area contributed by atoms with E-state index in [-0.39, 0.29) is 30.1 Å². The molecule has 1 aromatic carbocycles. The zero-order chi connectivity index (χ0) is 16.3. The van der Waals surface area contributed by atoms with Crippen LogP contribution in [0.2, 0.25) is 0 Å². The fraction of sp³-hybridized carbons (Fsp3) is 0.357. The lowest BCUT2D eigenvalue weighted by Gasteiger charge is -2.19. The van der Waals surface area contributed by atoms with Gasteiger partial charge in [-0.3, -0.25) is 4.99 Å². The van der Waals surface area contributed by atoms with Crippen molar-refractivity contribution in [2.75, 3.05) is 20.2 Å². The standard InChI is InChI=1S/C14H14F4N2O2/c1-22-8-2-3-11(21)9(6-8)10-7-12(20-5-4-19-10)14(17,18)13(15)16/h2-3,6-7,13,20-21H,4-5H2,1H3. The molecule has 4 nitrogen and oxygen atoms in total. The number of aromatic hydroxyl groups is 1. The van der Waals surface area contributed by atoms with Gasteiger partial charge in [0.25, 0.3) is 0 Å². The van der Waals surface area contributed by atoms with Gasteiger partial charge in [0.1, 0.15) is 11.5 Å². The zero-order valence-corrected chi connectivity index (χ0v) is 11.6. The van der Waals surface area contributed by atoms with Crippen molar-refractivity contribution in [2.45, 2.75) is 12.3 Å². The topological polar surface area (TPSA) is 53.9 Å². The van der Waals surface area contributed by atoms with Gasteiger partial charge in [-0.05, 0) is 24.3 Å². The molecule has 0 radical (unpaired) electrons. The molecule has 0 saturated carbocycles. The number of alkyl halides is 4. The number of nitrogens with one attached hydrogen (secondary N) is 1. The molecule has 2 N–H and O–H groups in total. The van der Waals surface area contributed by atoms with E-state index >= 15 is 0 Å². The van der Waals surface area contributed by atoms with Crippen LogP contribution < -0.4 is 10.1 Å². The Hall–Kier alpha value is -2.25. The lowest BCUT2D eigenvalue weighted by molar-refractivity contribution is -0.103. The number of aliphatic imine (C=N–C) groups is 1. The van der Waals surface area contributed by atoms with E-state index in [9.17, 15) is 22.7 Å². The first-order chi connectivity index (χ1) is 10.4.